The Morgan fingerprint density at radius 3 is 2.62 bits per heavy atom. The van der Waals surface area contributed by atoms with E-state index in [2.05, 4.69) is 9.97 Å². The van der Waals surface area contributed by atoms with E-state index in [-0.39, 0.29) is 23.2 Å². The van der Waals surface area contributed by atoms with E-state index < -0.39 is 21.4 Å². The number of nitrogens with one attached hydrogen (secondary N) is 1. The molecule has 138 valence electrons. The summed E-state index contributed by atoms with van der Waals surface area (Å²) in [7, 11) is -1.54. The molecule has 1 aliphatic rings. The summed E-state index contributed by atoms with van der Waals surface area (Å²) in [6, 6.07) is 6.93. The summed E-state index contributed by atoms with van der Waals surface area (Å²) in [6.07, 6.45) is 0.407. The molecule has 26 heavy (non-hydrogen) atoms. The van der Waals surface area contributed by atoms with Crippen molar-refractivity contribution in [3.63, 3.8) is 0 Å². The maximum absolute atomic E-state index is 12.8. The molecule has 1 N–H and O–H groups in total. The summed E-state index contributed by atoms with van der Waals surface area (Å²) in [5, 5.41) is 0. The molecular formula is C18H21N3O4S. The summed E-state index contributed by atoms with van der Waals surface area (Å²) < 4.78 is 23.3. The number of hydrogen-bond acceptors (Lipinski definition) is 5. The van der Waals surface area contributed by atoms with Crippen molar-refractivity contribution in [1.29, 1.82) is 0 Å². The van der Waals surface area contributed by atoms with E-state index in [9.17, 15) is 18.0 Å². The third kappa shape index (κ3) is 3.70. The first-order valence-corrected chi connectivity index (χ1v) is 10.1. The first-order valence-electron chi connectivity index (χ1n) is 8.33. The molecule has 0 radical (unpaired) electrons. The highest BCUT2D eigenvalue weighted by molar-refractivity contribution is 7.91. The van der Waals surface area contributed by atoms with Crippen LogP contribution < -0.4 is 5.69 Å². The Kier molecular flexibility index (Phi) is 4.70. The van der Waals surface area contributed by atoms with Crippen molar-refractivity contribution in [1.82, 2.24) is 14.9 Å². The van der Waals surface area contributed by atoms with Crippen LogP contribution in [0.2, 0.25) is 0 Å². The molecule has 1 aromatic heterocycles. The van der Waals surface area contributed by atoms with E-state index in [1.165, 1.54) is 4.90 Å². The van der Waals surface area contributed by atoms with Gasteiger partial charge in [0.2, 0.25) is 0 Å². The summed E-state index contributed by atoms with van der Waals surface area (Å²) in [5.41, 5.74) is 2.74. The van der Waals surface area contributed by atoms with Gasteiger partial charge in [0.1, 0.15) is 5.69 Å². The summed E-state index contributed by atoms with van der Waals surface area (Å²) in [6.45, 7) is 3.89. The minimum atomic E-state index is -3.10. The molecule has 7 nitrogen and oxygen atoms in total. The van der Waals surface area contributed by atoms with Crippen molar-refractivity contribution in [3.05, 3.63) is 51.6 Å². The fourth-order valence-electron chi connectivity index (χ4n) is 3.25. The molecule has 1 atom stereocenters. The zero-order chi connectivity index (χ0) is 19.1. The van der Waals surface area contributed by atoms with E-state index in [4.69, 9.17) is 0 Å². The molecule has 1 saturated heterocycles. The van der Waals surface area contributed by atoms with Crippen molar-refractivity contribution in [2.75, 3.05) is 18.6 Å². The molecule has 2 heterocycles. The second-order valence-electron chi connectivity index (χ2n) is 6.78. The third-order valence-corrected chi connectivity index (χ3v) is 6.46. The van der Waals surface area contributed by atoms with Crippen LogP contribution in [0.25, 0.3) is 11.3 Å². The van der Waals surface area contributed by atoms with Crippen LogP contribution in [0.3, 0.4) is 0 Å². The number of nitrogens with zero attached hydrogens (tertiary/aromatic N) is 2. The van der Waals surface area contributed by atoms with E-state index in [0.29, 0.717) is 12.1 Å². The summed E-state index contributed by atoms with van der Waals surface area (Å²) in [4.78, 5) is 32.6. The maximum atomic E-state index is 12.8. The van der Waals surface area contributed by atoms with Gasteiger partial charge in [-0.15, -0.1) is 0 Å². The Morgan fingerprint density at radius 1 is 1.27 bits per heavy atom. The number of aromatic amines is 1. The van der Waals surface area contributed by atoms with Crippen molar-refractivity contribution < 1.29 is 13.2 Å². The molecule has 1 aliphatic heterocycles. The lowest BCUT2D eigenvalue weighted by Gasteiger charge is -2.23. The fourth-order valence-corrected chi connectivity index (χ4v) is 5.02. The van der Waals surface area contributed by atoms with Crippen LogP contribution in [0.15, 0.2) is 29.1 Å². The molecular weight excluding hydrogens is 354 g/mol. The average molecular weight is 375 g/mol. The van der Waals surface area contributed by atoms with E-state index in [1.54, 1.807) is 13.1 Å². The van der Waals surface area contributed by atoms with Crippen LogP contribution in [-0.4, -0.2) is 53.8 Å². The van der Waals surface area contributed by atoms with Gasteiger partial charge >= 0.3 is 5.69 Å². The van der Waals surface area contributed by atoms with Gasteiger partial charge in [0.25, 0.3) is 5.91 Å². The predicted octanol–water partition coefficient (Wildman–Crippen LogP) is 1.31. The highest BCUT2D eigenvalue weighted by atomic mass is 32.2. The van der Waals surface area contributed by atoms with E-state index in [0.717, 1.165) is 16.7 Å². The van der Waals surface area contributed by atoms with Gasteiger partial charge in [0.05, 0.1) is 17.2 Å². The predicted molar refractivity (Wildman–Crippen MR) is 98.9 cm³/mol. The van der Waals surface area contributed by atoms with Crippen LogP contribution in [0.5, 0.6) is 0 Å². The molecule has 0 aliphatic carbocycles. The Morgan fingerprint density at radius 2 is 2.00 bits per heavy atom. The Balaban J connectivity index is 1.95. The van der Waals surface area contributed by atoms with Crippen molar-refractivity contribution in [2.45, 2.75) is 26.3 Å². The van der Waals surface area contributed by atoms with Gasteiger partial charge in [0.15, 0.2) is 9.84 Å². The van der Waals surface area contributed by atoms with Gasteiger partial charge in [0, 0.05) is 18.7 Å². The Bertz CT molecular complexity index is 1030. The molecule has 1 amide bonds. The number of sulfone groups is 1. The van der Waals surface area contributed by atoms with Gasteiger partial charge in [-0.3, -0.25) is 4.79 Å². The first-order chi connectivity index (χ1) is 12.2. The zero-order valence-electron chi connectivity index (χ0n) is 14.9. The lowest BCUT2D eigenvalue weighted by atomic mass is 10.0. The van der Waals surface area contributed by atoms with Crippen molar-refractivity contribution >= 4 is 15.7 Å². The summed E-state index contributed by atoms with van der Waals surface area (Å²) in [5.74, 6) is -0.387. The number of hydrogen-bond donors (Lipinski definition) is 1. The van der Waals surface area contributed by atoms with Gasteiger partial charge in [-0.1, -0.05) is 23.8 Å². The number of aromatic nitrogens is 2. The quantitative estimate of drug-likeness (QED) is 0.872. The number of amides is 1. The smallest absolute Gasteiger partial charge is 0.336 e. The van der Waals surface area contributed by atoms with E-state index in [1.807, 2.05) is 32.0 Å². The Hall–Kier alpha value is -2.48. The SMILES string of the molecule is Cc1ccc(-c2cc(C(=O)N(C)C3CCS(=O)(=O)C3)[nH]c(=O)n2)c(C)c1. The largest absolute Gasteiger partial charge is 0.346 e. The highest BCUT2D eigenvalue weighted by Gasteiger charge is 2.33. The normalized spacial score (nSPS) is 18.7. The number of benzene rings is 1. The van der Waals surface area contributed by atoms with Crippen molar-refractivity contribution in [3.8, 4) is 11.3 Å². The fraction of sp³-hybridized carbons (Fsp3) is 0.389. The second-order valence-corrected chi connectivity index (χ2v) is 9.01. The molecule has 0 bridgehead atoms. The third-order valence-electron chi connectivity index (χ3n) is 4.71. The van der Waals surface area contributed by atoms with Crippen LogP contribution in [-0.2, 0) is 9.84 Å². The number of H-pyrrole nitrogens is 1. The lowest BCUT2D eigenvalue weighted by Crippen LogP contribution is -2.39. The van der Waals surface area contributed by atoms with Crippen molar-refractivity contribution in [2.24, 2.45) is 0 Å². The van der Waals surface area contributed by atoms with Gasteiger partial charge in [-0.25, -0.2) is 13.2 Å². The highest BCUT2D eigenvalue weighted by Crippen LogP contribution is 2.23. The van der Waals surface area contributed by atoms with Crippen LogP contribution in [0.1, 0.15) is 28.0 Å². The molecule has 8 heteroatoms. The van der Waals surface area contributed by atoms with Crippen LogP contribution >= 0.6 is 0 Å². The minimum Gasteiger partial charge on any atom is -0.336 e. The summed E-state index contributed by atoms with van der Waals surface area (Å²) >= 11 is 0. The topological polar surface area (TPSA) is 100 Å². The van der Waals surface area contributed by atoms with Gasteiger partial charge in [-0.05, 0) is 31.9 Å². The lowest BCUT2D eigenvalue weighted by molar-refractivity contribution is 0.0741. The molecule has 0 saturated carbocycles. The molecule has 1 unspecified atom stereocenters. The average Bonchev–Trinajstić information content (AvgIpc) is 2.93. The number of carbonyl (C=O) groups is 1. The monoisotopic (exact) mass is 375 g/mol. The molecule has 1 aromatic carbocycles. The minimum absolute atomic E-state index is 0.0471. The van der Waals surface area contributed by atoms with Gasteiger partial charge in [-0.2, -0.15) is 4.98 Å². The molecule has 2 aromatic rings. The maximum Gasteiger partial charge on any atom is 0.346 e. The molecule has 0 spiro atoms. The number of aryl methyl sites for hydroxylation is 2. The number of carbonyl (C=O) groups excluding carboxylic acids is 1. The second kappa shape index (κ2) is 6.68. The standard InChI is InChI=1S/C18H21N3O4S/c1-11-4-5-14(12(2)8-11)15-9-16(20-18(23)19-15)17(22)21(3)13-6-7-26(24,25)10-13/h4-5,8-9,13H,6-7,10H2,1-3H3,(H,19,20,23). The van der Waals surface area contributed by atoms with Crippen LogP contribution in [0.4, 0.5) is 0 Å². The van der Waals surface area contributed by atoms with E-state index >= 15 is 0 Å². The molecule has 3 rings (SSSR count). The first kappa shape index (κ1) is 18.3. The molecule has 1 fully saturated rings. The Labute approximate surface area is 152 Å². The van der Waals surface area contributed by atoms with Crippen LogP contribution in [0, 0.1) is 13.8 Å². The number of rotatable bonds is 3. The van der Waals surface area contributed by atoms with Gasteiger partial charge < -0.3 is 9.88 Å². The zero-order valence-corrected chi connectivity index (χ0v) is 15.8.